The summed E-state index contributed by atoms with van der Waals surface area (Å²) in [4.78, 5) is 9.32. The predicted octanol–water partition coefficient (Wildman–Crippen LogP) is 4.11. The second-order valence-electron chi connectivity index (χ2n) is 7.59. The molecule has 0 amide bonds. The average molecular weight is 439 g/mol. The number of anilines is 2. The first-order chi connectivity index (χ1) is 15.0. The van der Waals surface area contributed by atoms with Gasteiger partial charge < -0.3 is 10.1 Å². The highest BCUT2D eigenvalue weighted by molar-refractivity contribution is 7.89. The SMILES string of the molecule is COc1ccccc1S(=O)(=O)N1CCC[C@@H](c2cccc(Nc3ncccc3C)n2)C1. The minimum atomic E-state index is -3.66. The Morgan fingerprint density at radius 3 is 2.74 bits per heavy atom. The van der Waals surface area contributed by atoms with Gasteiger partial charge in [0.2, 0.25) is 10.0 Å². The number of aryl methyl sites for hydroxylation is 1. The number of piperidine rings is 1. The van der Waals surface area contributed by atoms with Crippen LogP contribution in [-0.4, -0.2) is 42.9 Å². The Kier molecular flexibility index (Phi) is 6.20. The summed E-state index contributed by atoms with van der Waals surface area (Å²) < 4.78 is 33.4. The molecule has 0 bridgehead atoms. The number of pyridine rings is 2. The summed E-state index contributed by atoms with van der Waals surface area (Å²) in [6, 6.07) is 16.4. The van der Waals surface area contributed by atoms with Crippen molar-refractivity contribution >= 4 is 21.7 Å². The van der Waals surface area contributed by atoms with Crippen molar-refractivity contribution < 1.29 is 13.2 Å². The normalized spacial score (nSPS) is 17.3. The second-order valence-corrected chi connectivity index (χ2v) is 9.50. The summed E-state index contributed by atoms with van der Waals surface area (Å²) in [6.07, 6.45) is 3.40. The number of aromatic nitrogens is 2. The zero-order chi connectivity index (χ0) is 21.8. The number of nitrogens with zero attached hydrogens (tertiary/aromatic N) is 3. The number of methoxy groups -OCH3 is 1. The van der Waals surface area contributed by atoms with Crippen molar-refractivity contribution in [1.82, 2.24) is 14.3 Å². The van der Waals surface area contributed by atoms with E-state index in [0.29, 0.717) is 24.7 Å². The van der Waals surface area contributed by atoms with Crippen molar-refractivity contribution in [2.24, 2.45) is 0 Å². The van der Waals surface area contributed by atoms with E-state index in [2.05, 4.69) is 10.3 Å². The summed E-state index contributed by atoms with van der Waals surface area (Å²) in [5.41, 5.74) is 1.90. The molecule has 3 heterocycles. The van der Waals surface area contributed by atoms with Crippen LogP contribution in [0, 0.1) is 6.92 Å². The number of benzene rings is 1. The minimum absolute atomic E-state index is 0.0183. The van der Waals surface area contributed by atoms with E-state index in [-0.39, 0.29) is 10.8 Å². The van der Waals surface area contributed by atoms with Crippen LogP contribution in [0.5, 0.6) is 5.75 Å². The Bertz CT molecular complexity index is 1170. The van der Waals surface area contributed by atoms with Gasteiger partial charge in [-0.1, -0.05) is 24.3 Å². The van der Waals surface area contributed by atoms with Crippen LogP contribution in [0.1, 0.15) is 30.0 Å². The van der Waals surface area contributed by atoms with Gasteiger partial charge in [0.1, 0.15) is 22.3 Å². The van der Waals surface area contributed by atoms with E-state index in [0.717, 1.165) is 29.9 Å². The fourth-order valence-electron chi connectivity index (χ4n) is 3.86. The lowest BCUT2D eigenvalue weighted by Gasteiger charge is -2.32. The number of hydrogen-bond acceptors (Lipinski definition) is 6. The Balaban J connectivity index is 1.56. The number of para-hydroxylation sites is 1. The zero-order valence-electron chi connectivity index (χ0n) is 17.7. The molecule has 2 aromatic heterocycles. The highest BCUT2D eigenvalue weighted by Gasteiger charge is 2.33. The first kappa shape index (κ1) is 21.3. The van der Waals surface area contributed by atoms with Gasteiger partial charge in [0.15, 0.2) is 0 Å². The molecular formula is C23H26N4O3S. The molecule has 3 aromatic rings. The van der Waals surface area contributed by atoms with E-state index >= 15 is 0 Å². The third-order valence-corrected chi connectivity index (χ3v) is 7.42. The molecule has 0 radical (unpaired) electrons. The Morgan fingerprint density at radius 2 is 1.94 bits per heavy atom. The Labute approximate surface area is 183 Å². The van der Waals surface area contributed by atoms with Crippen LogP contribution >= 0.6 is 0 Å². The molecular weight excluding hydrogens is 412 g/mol. The lowest BCUT2D eigenvalue weighted by Crippen LogP contribution is -2.39. The van der Waals surface area contributed by atoms with Gasteiger partial charge in [-0.3, -0.25) is 0 Å². The average Bonchev–Trinajstić information content (AvgIpc) is 2.81. The Hall–Kier alpha value is -2.97. The van der Waals surface area contributed by atoms with Crippen LogP contribution in [0.25, 0.3) is 0 Å². The van der Waals surface area contributed by atoms with Crippen molar-refractivity contribution in [1.29, 1.82) is 0 Å². The van der Waals surface area contributed by atoms with Crippen molar-refractivity contribution in [3.05, 3.63) is 72.1 Å². The molecule has 1 aromatic carbocycles. The lowest BCUT2D eigenvalue weighted by atomic mass is 9.95. The van der Waals surface area contributed by atoms with Gasteiger partial charge in [-0.25, -0.2) is 18.4 Å². The highest BCUT2D eigenvalue weighted by Crippen LogP contribution is 2.33. The number of hydrogen-bond donors (Lipinski definition) is 1. The predicted molar refractivity (Wildman–Crippen MR) is 120 cm³/mol. The van der Waals surface area contributed by atoms with Gasteiger partial charge in [0.25, 0.3) is 0 Å². The molecule has 7 nitrogen and oxygen atoms in total. The van der Waals surface area contributed by atoms with Crippen LogP contribution in [0.4, 0.5) is 11.6 Å². The van der Waals surface area contributed by atoms with Gasteiger partial charge in [-0.15, -0.1) is 0 Å². The van der Waals surface area contributed by atoms with Crippen LogP contribution in [0.2, 0.25) is 0 Å². The maximum absolute atomic E-state index is 13.3. The molecule has 0 saturated carbocycles. The fraction of sp³-hybridized carbons (Fsp3) is 0.304. The van der Waals surface area contributed by atoms with Crippen LogP contribution in [0.3, 0.4) is 0 Å². The number of rotatable bonds is 6. The molecule has 1 saturated heterocycles. The summed E-state index contributed by atoms with van der Waals surface area (Å²) in [5, 5.41) is 3.26. The second kappa shape index (κ2) is 9.03. The van der Waals surface area contributed by atoms with Gasteiger partial charge in [-0.2, -0.15) is 4.31 Å². The summed E-state index contributed by atoms with van der Waals surface area (Å²) in [6.45, 7) is 2.86. The van der Waals surface area contributed by atoms with E-state index < -0.39 is 10.0 Å². The summed E-state index contributed by atoms with van der Waals surface area (Å²) >= 11 is 0. The minimum Gasteiger partial charge on any atom is -0.495 e. The van der Waals surface area contributed by atoms with Crippen LogP contribution < -0.4 is 10.1 Å². The van der Waals surface area contributed by atoms with E-state index in [1.807, 2.05) is 37.3 Å². The molecule has 1 N–H and O–H groups in total. The van der Waals surface area contributed by atoms with Gasteiger partial charge in [-0.05, 0) is 55.7 Å². The van der Waals surface area contributed by atoms with Gasteiger partial charge in [0.05, 0.1) is 7.11 Å². The highest BCUT2D eigenvalue weighted by atomic mass is 32.2. The first-order valence-corrected chi connectivity index (χ1v) is 11.7. The monoisotopic (exact) mass is 438 g/mol. The smallest absolute Gasteiger partial charge is 0.246 e. The molecule has 4 rings (SSSR count). The molecule has 31 heavy (non-hydrogen) atoms. The maximum atomic E-state index is 13.3. The molecule has 1 aliphatic heterocycles. The first-order valence-electron chi connectivity index (χ1n) is 10.3. The quantitative estimate of drug-likeness (QED) is 0.624. The largest absolute Gasteiger partial charge is 0.495 e. The van der Waals surface area contributed by atoms with Crippen molar-refractivity contribution in [2.75, 3.05) is 25.5 Å². The summed E-state index contributed by atoms with van der Waals surface area (Å²) in [5.74, 6) is 1.84. The summed E-state index contributed by atoms with van der Waals surface area (Å²) in [7, 11) is -2.17. The lowest BCUT2D eigenvalue weighted by molar-refractivity contribution is 0.311. The maximum Gasteiger partial charge on any atom is 0.246 e. The van der Waals surface area contributed by atoms with Crippen LogP contribution in [-0.2, 0) is 10.0 Å². The van der Waals surface area contributed by atoms with Crippen LogP contribution in [0.15, 0.2) is 65.7 Å². The van der Waals surface area contributed by atoms with E-state index in [1.165, 1.54) is 7.11 Å². The molecule has 1 atom stereocenters. The molecule has 1 aliphatic rings. The number of sulfonamides is 1. The molecule has 0 unspecified atom stereocenters. The molecule has 162 valence electrons. The van der Waals surface area contributed by atoms with Crippen molar-refractivity contribution in [2.45, 2.75) is 30.6 Å². The third-order valence-electron chi connectivity index (χ3n) is 5.52. The molecule has 0 spiro atoms. The van der Waals surface area contributed by atoms with E-state index in [9.17, 15) is 8.42 Å². The van der Waals surface area contributed by atoms with Crippen molar-refractivity contribution in [3.8, 4) is 5.75 Å². The fourth-order valence-corrected chi connectivity index (χ4v) is 5.54. The molecule has 0 aliphatic carbocycles. The zero-order valence-corrected chi connectivity index (χ0v) is 18.5. The number of ether oxygens (including phenoxy) is 1. The number of nitrogens with one attached hydrogen (secondary N) is 1. The Morgan fingerprint density at radius 1 is 1.10 bits per heavy atom. The van der Waals surface area contributed by atoms with Gasteiger partial charge in [0, 0.05) is 30.9 Å². The standard InChI is InChI=1S/C23H26N4O3S/c1-17-8-6-14-24-23(17)26-22-13-5-10-19(25-22)18-9-7-15-27(16-18)31(28,29)21-12-4-3-11-20(21)30-2/h3-6,8,10-14,18H,7,9,15-16H2,1-2H3,(H,24,25,26)/t18-/m1/s1. The van der Waals surface area contributed by atoms with Crippen molar-refractivity contribution in [3.63, 3.8) is 0 Å². The van der Waals surface area contributed by atoms with Gasteiger partial charge >= 0.3 is 0 Å². The third kappa shape index (κ3) is 4.55. The molecule has 8 heteroatoms. The van der Waals surface area contributed by atoms with E-state index in [4.69, 9.17) is 9.72 Å². The van der Waals surface area contributed by atoms with E-state index in [1.54, 1.807) is 34.8 Å². The topological polar surface area (TPSA) is 84.4 Å². The molecule has 1 fully saturated rings.